The van der Waals surface area contributed by atoms with E-state index in [9.17, 15) is 4.79 Å². The molecule has 1 rings (SSSR count). The monoisotopic (exact) mass is 214 g/mol. The van der Waals surface area contributed by atoms with E-state index in [2.05, 4.69) is 15.4 Å². The van der Waals surface area contributed by atoms with Gasteiger partial charge in [0, 0.05) is 19.8 Å². The predicted octanol–water partition coefficient (Wildman–Crippen LogP) is 0.645. The summed E-state index contributed by atoms with van der Waals surface area (Å²) in [5.41, 5.74) is 3.48. The fourth-order valence-electron chi connectivity index (χ4n) is 0.909. The molecule has 5 nitrogen and oxygen atoms in total. The lowest BCUT2D eigenvalue weighted by atomic mass is 10.3. The number of halogens is 1. The number of aryl methyl sites for hydroxylation is 1. The molecule has 76 valence electrons. The summed E-state index contributed by atoms with van der Waals surface area (Å²) in [7, 11) is 3.43. The highest BCUT2D eigenvalue weighted by molar-refractivity contribution is 6.28. The molecule has 0 aromatic carbocycles. The number of hydrogen-bond acceptors (Lipinski definition) is 4. The average Bonchev–Trinajstić information content (AvgIpc) is 2.00. The Balaban J connectivity index is 2.90. The number of hydrazine groups is 1. The van der Waals surface area contributed by atoms with Gasteiger partial charge in [-0.1, -0.05) is 0 Å². The van der Waals surface area contributed by atoms with E-state index >= 15 is 0 Å². The number of amides is 1. The second kappa shape index (κ2) is 4.34. The maximum atomic E-state index is 11.5. The first-order valence-electron chi connectivity index (χ1n) is 3.98. The lowest BCUT2D eigenvalue weighted by Gasteiger charge is -2.11. The summed E-state index contributed by atoms with van der Waals surface area (Å²) in [5.74, 6) is -0.303. The van der Waals surface area contributed by atoms with Crippen molar-refractivity contribution in [2.75, 3.05) is 14.1 Å². The van der Waals surface area contributed by atoms with Crippen molar-refractivity contribution in [3.63, 3.8) is 0 Å². The van der Waals surface area contributed by atoms with Crippen LogP contribution in [0.25, 0.3) is 0 Å². The molecule has 0 aliphatic rings. The number of nitrogens with zero attached hydrogens (tertiary/aromatic N) is 3. The van der Waals surface area contributed by atoms with Crippen LogP contribution in [0.5, 0.6) is 0 Å². The van der Waals surface area contributed by atoms with E-state index in [0.29, 0.717) is 5.69 Å². The number of hydrogen-bond donors (Lipinski definition) is 1. The van der Waals surface area contributed by atoms with Crippen molar-refractivity contribution in [2.45, 2.75) is 6.92 Å². The van der Waals surface area contributed by atoms with E-state index in [0.717, 1.165) is 0 Å². The van der Waals surface area contributed by atoms with Gasteiger partial charge in [0.15, 0.2) is 0 Å². The minimum Gasteiger partial charge on any atom is -0.284 e. The van der Waals surface area contributed by atoms with E-state index in [-0.39, 0.29) is 16.9 Å². The molecule has 1 aromatic rings. The normalized spacial score (nSPS) is 10.4. The summed E-state index contributed by atoms with van der Waals surface area (Å²) in [6.45, 7) is 1.75. The van der Waals surface area contributed by atoms with Crippen LogP contribution in [0, 0.1) is 6.92 Å². The van der Waals surface area contributed by atoms with Gasteiger partial charge in [-0.15, -0.1) is 0 Å². The van der Waals surface area contributed by atoms with Gasteiger partial charge in [-0.2, -0.15) is 0 Å². The van der Waals surface area contributed by atoms with Crippen molar-refractivity contribution >= 4 is 17.5 Å². The summed E-state index contributed by atoms with van der Waals surface area (Å²) in [6, 6.07) is 1.57. The third-order valence-electron chi connectivity index (χ3n) is 1.38. The van der Waals surface area contributed by atoms with Crippen LogP contribution in [0.3, 0.4) is 0 Å². The summed E-state index contributed by atoms with van der Waals surface area (Å²) in [6.07, 6.45) is 0. The molecule has 6 heteroatoms. The van der Waals surface area contributed by atoms with E-state index in [1.165, 1.54) is 5.01 Å². The number of carbonyl (C=O) groups excluding carboxylic acids is 1. The van der Waals surface area contributed by atoms with Crippen molar-refractivity contribution in [3.8, 4) is 0 Å². The molecular formula is C8H11ClN4O. The van der Waals surface area contributed by atoms with Crippen molar-refractivity contribution in [2.24, 2.45) is 0 Å². The van der Waals surface area contributed by atoms with Crippen LogP contribution in [-0.4, -0.2) is 35.0 Å². The molecule has 1 amide bonds. The van der Waals surface area contributed by atoms with Gasteiger partial charge < -0.3 is 0 Å². The van der Waals surface area contributed by atoms with Gasteiger partial charge in [-0.25, -0.2) is 15.0 Å². The quantitative estimate of drug-likeness (QED) is 0.580. The minimum absolute atomic E-state index is 0.0777. The van der Waals surface area contributed by atoms with Crippen LogP contribution < -0.4 is 5.43 Å². The van der Waals surface area contributed by atoms with Gasteiger partial charge in [0.2, 0.25) is 5.28 Å². The Hall–Kier alpha value is -1.20. The summed E-state index contributed by atoms with van der Waals surface area (Å²) in [5, 5.41) is 1.61. The topological polar surface area (TPSA) is 58.1 Å². The number of aromatic nitrogens is 2. The van der Waals surface area contributed by atoms with Crippen molar-refractivity contribution in [3.05, 3.63) is 22.7 Å². The predicted molar refractivity (Wildman–Crippen MR) is 52.9 cm³/mol. The molecule has 0 fully saturated rings. The van der Waals surface area contributed by atoms with Crippen LogP contribution in [0.15, 0.2) is 6.07 Å². The number of nitrogens with one attached hydrogen (secondary N) is 1. The zero-order chi connectivity index (χ0) is 10.7. The van der Waals surface area contributed by atoms with Gasteiger partial charge in [0.1, 0.15) is 5.69 Å². The Bertz CT molecular complexity index is 333. The molecular weight excluding hydrogens is 204 g/mol. The van der Waals surface area contributed by atoms with Crippen molar-refractivity contribution in [1.29, 1.82) is 0 Å². The van der Waals surface area contributed by atoms with E-state index < -0.39 is 0 Å². The molecule has 0 saturated heterocycles. The highest BCUT2D eigenvalue weighted by Crippen LogP contribution is 2.04. The smallest absolute Gasteiger partial charge is 0.284 e. The Kier molecular flexibility index (Phi) is 3.38. The van der Waals surface area contributed by atoms with Crippen LogP contribution in [0.2, 0.25) is 5.28 Å². The van der Waals surface area contributed by atoms with Crippen LogP contribution >= 0.6 is 11.6 Å². The second-order valence-corrected chi connectivity index (χ2v) is 3.34. The second-order valence-electron chi connectivity index (χ2n) is 3.00. The van der Waals surface area contributed by atoms with Crippen molar-refractivity contribution < 1.29 is 4.79 Å². The maximum absolute atomic E-state index is 11.5. The molecule has 0 atom stereocenters. The Labute approximate surface area is 87.1 Å². The average molecular weight is 215 g/mol. The molecule has 1 aromatic heterocycles. The molecule has 0 spiro atoms. The molecule has 0 aliphatic carbocycles. The van der Waals surface area contributed by atoms with E-state index in [4.69, 9.17) is 11.6 Å². The van der Waals surface area contributed by atoms with Crippen LogP contribution in [0.4, 0.5) is 0 Å². The van der Waals surface area contributed by atoms with Gasteiger partial charge in [-0.05, 0) is 24.6 Å². The van der Waals surface area contributed by atoms with Gasteiger partial charge in [-0.3, -0.25) is 10.2 Å². The maximum Gasteiger partial charge on any atom is 0.284 e. The summed E-state index contributed by atoms with van der Waals surface area (Å²) >= 11 is 5.61. The zero-order valence-corrected chi connectivity index (χ0v) is 8.96. The summed E-state index contributed by atoms with van der Waals surface area (Å²) in [4.78, 5) is 19.1. The van der Waals surface area contributed by atoms with Crippen molar-refractivity contribution in [1.82, 2.24) is 20.4 Å². The summed E-state index contributed by atoms with van der Waals surface area (Å²) < 4.78 is 0. The highest BCUT2D eigenvalue weighted by atomic mass is 35.5. The molecule has 1 N–H and O–H groups in total. The Morgan fingerprint density at radius 3 is 2.64 bits per heavy atom. The fraction of sp³-hybridized carbons (Fsp3) is 0.375. The molecule has 0 aliphatic heterocycles. The lowest BCUT2D eigenvalue weighted by Crippen LogP contribution is -2.36. The first kappa shape index (κ1) is 10.9. The minimum atomic E-state index is -0.303. The standard InChI is InChI=1S/C8H11ClN4O/c1-5-4-6(11-8(9)10-5)7(14)12-13(2)3/h4H,1-3H3,(H,12,14). The molecule has 0 bridgehead atoms. The zero-order valence-electron chi connectivity index (χ0n) is 8.21. The SMILES string of the molecule is Cc1cc(C(=O)NN(C)C)nc(Cl)n1. The van der Waals surface area contributed by atoms with Gasteiger partial charge in [0.25, 0.3) is 5.91 Å². The Morgan fingerprint density at radius 1 is 1.50 bits per heavy atom. The first-order valence-corrected chi connectivity index (χ1v) is 4.36. The fourth-order valence-corrected chi connectivity index (χ4v) is 1.13. The molecule has 0 saturated carbocycles. The molecule has 1 heterocycles. The van der Waals surface area contributed by atoms with Crippen LogP contribution in [-0.2, 0) is 0 Å². The molecule has 0 radical (unpaired) electrons. The Morgan fingerprint density at radius 2 is 2.14 bits per heavy atom. The van der Waals surface area contributed by atoms with Crippen LogP contribution in [0.1, 0.15) is 16.2 Å². The van der Waals surface area contributed by atoms with Gasteiger partial charge in [0.05, 0.1) is 0 Å². The lowest BCUT2D eigenvalue weighted by molar-refractivity contribution is 0.0851. The molecule has 14 heavy (non-hydrogen) atoms. The highest BCUT2D eigenvalue weighted by Gasteiger charge is 2.09. The first-order chi connectivity index (χ1) is 6.49. The largest absolute Gasteiger partial charge is 0.284 e. The molecule has 0 unspecified atom stereocenters. The number of rotatable bonds is 2. The van der Waals surface area contributed by atoms with E-state index in [1.807, 2.05) is 0 Å². The third-order valence-corrected chi connectivity index (χ3v) is 1.55. The van der Waals surface area contributed by atoms with Gasteiger partial charge >= 0.3 is 0 Å². The van der Waals surface area contributed by atoms with E-state index in [1.54, 1.807) is 27.1 Å². The third kappa shape index (κ3) is 2.93. The number of carbonyl (C=O) groups is 1.